The lowest BCUT2D eigenvalue weighted by Crippen LogP contribution is -2.29. The van der Waals surface area contributed by atoms with Crippen molar-refractivity contribution in [3.05, 3.63) is 209 Å². The van der Waals surface area contributed by atoms with Crippen molar-refractivity contribution in [1.29, 1.82) is 0 Å². The Morgan fingerprint density at radius 1 is 0.515 bits per heavy atom. The van der Waals surface area contributed by atoms with Crippen LogP contribution in [0.1, 0.15) is 33.9 Å². The third-order valence-corrected chi connectivity index (χ3v) is 11.1. The first-order valence-corrected chi connectivity index (χ1v) is 21.8. The number of aromatic nitrogens is 10. The number of pyridine rings is 4. The molecule has 10 aromatic rings. The molecule has 8 heterocycles. The van der Waals surface area contributed by atoms with E-state index in [2.05, 4.69) is 67.9 Å². The normalized spacial score (nSPS) is 10.9. The van der Waals surface area contributed by atoms with E-state index >= 15 is 0 Å². The smallest absolute Gasteiger partial charge is 0.423 e. The fraction of sp³-hybridized carbons (Fsp3) is 0.120. The van der Waals surface area contributed by atoms with Crippen molar-refractivity contribution in [2.75, 3.05) is 0 Å². The van der Waals surface area contributed by atoms with Gasteiger partial charge in [-0.15, -0.1) is 0 Å². The molecule has 0 atom stereocenters. The highest BCUT2D eigenvalue weighted by Gasteiger charge is 2.14. The molecule has 0 unspecified atom stereocenters. The molecule has 2 N–H and O–H groups in total. The maximum atomic E-state index is 14.7. The number of nitrogens with zero attached hydrogens (tertiary/aromatic N) is 10. The molecule has 0 spiro atoms. The molecular weight excluding hydrogens is 901 g/mol. The van der Waals surface area contributed by atoms with Crippen molar-refractivity contribution >= 4 is 39.8 Å². The third kappa shape index (κ3) is 10.9. The highest BCUT2D eigenvalue weighted by molar-refractivity contribution is 9.10. The van der Waals surface area contributed by atoms with Crippen molar-refractivity contribution in [2.24, 2.45) is 0 Å². The second-order valence-electron chi connectivity index (χ2n) is 15.2. The second-order valence-corrected chi connectivity index (χ2v) is 16.0. The van der Waals surface area contributed by atoms with Gasteiger partial charge in [0, 0.05) is 77.7 Å². The lowest BCUT2D eigenvalue weighted by Gasteiger charge is -2.07. The van der Waals surface area contributed by atoms with E-state index in [9.17, 15) is 8.78 Å². The van der Waals surface area contributed by atoms with Gasteiger partial charge in [-0.2, -0.15) is 0 Å². The molecule has 10 rings (SSSR count). The molecule has 0 saturated carbocycles. The van der Waals surface area contributed by atoms with E-state index in [4.69, 9.17) is 10.0 Å². The van der Waals surface area contributed by atoms with Crippen molar-refractivity contribution in [1.82, 2.24) is 48.7 Å². The first-order valence-electron chi connectivity index (χ1n) is 21.0. The number of benzene rings is 2. The monoisotopic (exact) mass is 942 g/mol. The van der Waals surface area contributed by atoms with Crippen molar-refractivity contribution in [2.45, 2.75) is 39.5 Å². The summed E-state index contributed by atoms with van der Waals surface area (Å²) in [5, 5.41) is 17.2. The number of hydrogen-bond donors (Lipinski definition) is 2. The molecule has 8 aromatic heterocycles. The van der Waals surface area contributed by atoms with E-state index in [0.29, 0.717) is 42.5 Å². The average molecular weight is 944 g/mol. The summed E-state index contributed by atoms with van der Waals surface area (Å²) < 4.78 is 34.1. The molecule has 328 valence electrons. The number of hydrogen-bond acceptors (Lipinski definition) is 10. The van der Waals surface area contributed by atoms with Gasteiger partial charge < -0.3 is 10.0 Å². The minimum Gasteiger partial charge on any atom is -0.423 e. The molecule has 0 radical (unpaired) electrons. The van der Waals surface area contributed by atoms with Gasteiger partial charge in [-0.05, 0) is 108 Å². The van der Waals surface area contributed by atoms with Gasteiger partial charge in [-0.3, -0.25) is 38.7 Å². The Bertz CT molecular complexity index is 3230. The van der Waals surface area contributed by atoms with E-state index < -0.39 is 7.12 Å². The summed E-state index contributed by atoms with van der Waals surface area (Å²) in [5.41, 5.74) is 11.5. The van der Waals surface area contributed by atoms with Crippen LogP contribution in [0.2, 0.25) is 0 Å². The zero-order valence-electron chi connectivity index (χ0n) is 35.9. The number of fused-ring (bicyclic) bond motifs is 2. The highest BCUT2D eigenvalue weighted by atomic mass is 79.9. The fourth-order valence-electron chi connectivity index (χ4n) is 7.28. The SMILES string of the molecule is Cc1cc(-c2ncc(CCc3nccn4c(-c5ccccc5)cnc34)cc2F)ccn1.Cc1cc(-c2ncc(CCc3nccn4c(Br)cnc34)cc2F)ccn1.OB(O)c1ccccc1. The average Bonchev–Trinajstić information content (AvgIpc) is 3.95. The van der Waals surface area contributed by atoms with Crippen LogP contribution in [0.3, 0.4) is 0 Å². The molecule has 0 aliphatic carbocycles. The Morgan fingerprint density at radius 2 is 1.02 bits per heavy atom. The molecule has 12 nitrogen and oxygen atoms in total. The van der Waals surface area contributed by atoms with Crippen LogP contribution < -0.4 is 5.46 Å². The molecular formula is C50H42BBrF2N10O2. The summed E-state index contributed by atoms with van der Waals surface area (Å²) in [6.07, 6.45) is 20.2. The second kappa shape index (κ2) is 21.1. The zero-order valence-corrected chi connectivity index (χ0v) is 37.5. The molecule has 0 aliphatic rings. The lowest BCUT2D eigenvalue weighted by atomic mass is 9.81. The maximum absolute atomic E-state index is 14.7. The topological polar surface area (TPSA) is 152 Å². The van der Waals surface area contributed by atoms with E-state index in [-0.39, 0.29) is 11.6 Å². The van der Waals surface area contributed by atoms with E-state index in [1.54, 1.807) is 91.9 Å². The predicted molar refractivity (Wildman–Crippen MR) is 255 cm³/mol. The maximum Gasteiger partial charge on any atom is 0.488 e. The molecule has 66 heavy (non-hydrogen) atoms. The number of rotatable bonds is 10. The number of imidazole rings is 2. The Balaban J connectivity index is 0.000000153. The molecule has 2 aromatic carbocycles. The largest absolute Gasteiger partial charge is 0.488 e. The van der Waals surface area contributed by atoms with E-state index in [0.717, 1.165) is 72.2 Å². The minimum atomic E-state index is -1.34. The molecule has 0 amide bonds. The van der Waals surface area contributed by atoms with Gasteiger partial charge in [0.05, 0.1) is 29.5 Å². The van der Waals surface area contributed by atoms with Gasteiger partial charge in [-0.25, -0.2) is 18.7 Å². The molecule has 0 saturated heterocycles. The van der Waals surface area contributed by atoms with Crippen LogP contribution in [-0.4, -0.2) is 65.8 Å². The highest BCUT2D eigenvalue weighted by Crippen LogP contribution is 2.25. The van der Waals surface area contributed by atoms with Gasteiger partial charge in [0.15, 0.2) is 11.3 Å². The lowest BCUT2D eigenvalue weighted by molar-refractivity contribution is 0.426. The Morgan fingerprint density at radius 3 is 1.52 bits per heavy atom. The van der Waals surface area contributed by atoms with Crippen molar-refractivity contribution in [3.8, 4) is 33.8 Å². The van der Waals surface area contributed by atoms with Crippen LogP contribution >= 0.6 is 15.9 Å². The van der Waals surface area contributed by atoms with Crippen LogP contribution in [0, 0.1) is 25.5 Å². The van der Waals surface area contributed by atoms with Gasteiger partial charge in [0.25, 0.3) is 0 Å². The Kier molecular flexibility index (Phi) is 14.4. The van der Waals surface area contributed by atoms with Gasteiger partial charge in [0.1, 0.15) is 27.6 Å². The van der Waals surface area contributed by atoms with Crippen molar-refractivity contribution in [3.63, 3.8) is 0 Å². The third-order valence-electron chi connectivity index (χ3n) is 10.6. The Labute approximate surface area is 388 Å². The first kappa shape index (κ1) is 45.2. The quantitative estimate of drug-likeness (QED) is 0.128. The summed E-state index contributed by atoms with van der Waals surface area (Å²) in [6, 6.07) is 29.1. The summed E-state index contributed by atoms with van der Waals surface area (Å²) >= 11 is 3.45. The van der Waals surface area contributed by atoms with Crippen molar-refractivity contribution < 1.29 is 18.8 Å². The minimum absolute atomic E-state index is 0.331. The summed E-state index contributed by atoms with van der Waals surface area (Å²) in [4.78, 5) is 34.9. The Hall–Kier alpha value is -7.40. The van der Waals surface area contributed by atoms with Crippen LogP contribution in [0.4, 0.5) is 8.78 Å². The van der Waals surface area contributed by atoms with Crippen LogP contribution in [-0.2, 0) is 25.7 Å². The van der Waals surface area contributed by atoms with E-state index in [1.165, 1.54) is 0 Å². The number of aryl methyl sites for hydroxylation is 6. The van der Waals surface area contributed by atoms with Crippen LogP contribution in [0.5, 0.6) is 0 Å². The van der Waals surface area contributed by atoms with Gasteiger partial charge >= 0.3 is 7.12 Å². The predicted octanol–water partition coefficient (Wildman–Crippen LogP) is 8.63. The standard InChI is InChI=1S/C25H20FN5.C19H15BrFN5.C6H7BO2/c1-17-13-20(9-10-27-17)24-21(26)14-18(15-29-24)7-8-22-25-30-16-23(31(25)12-11-28-22)19-5-3-2-4-6-19;1-12-8-14(4-5-22-12)18-15(21)9-13(10-24-18)2-3-16-19-25-11-17(20)26(19)7-6-23-16;8-7(9)6-4-2-1-3-5-6/h2-6,9-16H,7-8H2,1H3;4-11H,2-3H2,1H3;1-5,8-9H. The van der Waals surface area contributed by atoms with E-state index in [1.807, 2.05) is 77.6 Å². The fourth-order valence-corrected chi connectivity index (χ4v) is 7.67. The molecule has 0 bridgehead atoms. The summed E-state index contributed by atoms with van der Waals surface area (Å²) in [6.45, 7) is 3.75. The summed E-state index contributed by atoms with van der Waals surface area (Å²) in [5.74, 6) is -0.663. The summed E-state index contributed by atoms with van der Waals surface area (Å²) in [7, 11) is -1.34. The van der Waals surface area contributed by atoms with Gasteiger partial charge in [0.2, 0.25) is 0 Å². The van der Waals surface area contributed by atoms with Gasteiger partial charge in [-0.1, -0.05) is 60.7 Å². The molecule has 0 aliphatic heterocycles. The molecule has 0 fully saturated rings. The first-order chi connectivity index (χ1) is 32.1. The van der Waals surface area contributed by atoms with Crippen LogP contribution in [0.15, 0.2) is 164 Å². The number of halogens is 3. The zero-order chi connectivity index (χ0) is 46.0. The molecule has 16 heteroatoms. The van der Waals surface area contributed by atoms with Crippen LogP contribution in [0.25, 0.3) is 45.1 Å².